The molecule has 2 heteroatoms. The molecule has 2 unspecified atom stereocenters. The predicted octanol–water partition coefficient (Wildman–Crippen LogP) is 2.83. The molecule has 1 aromatic carbocycles. The van der Waals surface area contributed by atoms with E-state index in [4.69, 9.17) is 5.73 Å². The molecule has 1 aliphatic carbocycles. The molecule has 2 N–H and O–H groups in total. The van der Waals surface area contributed by atoms with Gasteiger partial charge in [-0.1, -0.05) is 30.3 Å². The maximum absolute atomic E-state index is 6.89. The van der Waals surface area contributed by atoms with Gasteiger partial charge in [0.15, 0.2) is 0 Å². The first-order valence-electron chi connectivity index (χ1n) is 7.48. The zero-order chi connectivity index (χ0) is 13.3. The van der Waals surface area contributed by atoms with Gasteiger partial charge >= 0.3 is 0 Å². The second kappa shape index (κ2) is 5.10. The summed E-state index contributed by atoms with van der Waals surface area (Å²) in [7, 11) is 0. The minimum atomic E-state index is -0.249. The van der Waals surface area contributed by atoms with Gasteiger partial charge in [0.1, 0.15) is 0 Å². The van der Waals surface area contributed by atoms with Crippen molar-refractivity contribution in [1.82, 2.24) is 4.90 Å². The molecule has 19 heavy (non-hydrogen) atoms. The third kappa shape index (κ3) is 2.13. The van der Waals surface area contributed by atoms with E-state index in [9.17, 15) is 0 Å². The van der Waals surface area contributed by atoms with Crippen LogP contribution >= 0.6 is 0 Å². The minimum Gasteiger partial charge on any atom is -0.320 e. The Morgan fingerprint density at radius 3 is 2.79 bits per heavy atom. The van der Waals surface area contributed by atoms with E-state index in [-0.39, 0.29) is 5.54 Å². The largest absolute Gasteiger partial charge is 0.320 e. The standard InChI is InChI=1S/C17H24N2/c1-2-11-17(18)15-8-4-3-7-14(15)9-10-16(17)19-12-5-6-13-19/h2-4,7-8,16H,1,5-6,9-13,18H2. The number of rotatable bonds is 3. The quantitative estimate of drug-likeness (QED) is 0.843. The lowest BCUT2D eigenvalue weighted by Crippen LogP contribution is -2.57. The van der Waals surface area contributed by atoms with Crippen LogP contribution in [0, 0.1) is 0 Å². The molecule has 1 aromatic rings. The Labute approximate surface area is 116 Å². The molecule has 1 heterocycles. The Balaban J connectivity index is 2.00. The number of nitrogens with zero attached hydrogens (tertiary/aromatic N) is 1. The zero-order valence-corrected chi connectivity index (χ0v) is 11.6. The van der Waals surface area contributed by atoms with E-state index in [1.165, 1.54) is 43.5 Å². The molecule has 1 aliphatic heterocycles. The van der Waals surface area contributed by atoms with Crippen molar-refractivity contribution in [3.63, 3.8) is 0 Å². The molecule has 0 amide bonds. The highest BCUT2D eigenvalue weighted by Crippen LogP contribution is 2.39. The average molecular weight is 256 g/mol. The van der Waals surface area contributed by atoms with Crippen LogP contribution < -0.4 is 5.73 Å². The fourth-order valence-electron chi connectivity index (χ4n) is 3.97. The maximum Gasteiger partial charge on any atom is 0.0604 e. The van der Waals surface area contributed by atoms with E-state index in [1.54, 1.807) is 0 Å². The molecule has 0 aromatic heterocycles. The molecular formula is C17H24N2. The van der Waals surface area contributed by atoms with Gasteiger partial charge in [0.25, 0.3) is 0 Å². The summed E-state index contributed by atoms with van der Waals surface area (Å²) in [6, 6.07) is 9.18. The first-order chi connectivity index (χ1) is 9.25. The minimum absolute atomic E-state index is 0.249. The molecule has 102 valence electrons. The molecule has 3 rings (SSSR count). The fourth-order valence-corrected chi connectivity index (χ4v) is 3.97. The number of hydrogen-bond donors (Lipinski definition) is 1. The number of aryl methyl sites for hydroxylation is 1. The third-order valence-electron chi connectivity index (χ3n) is 4.86. The SMILES string of the molecule is C=CCC1(N)c2ccccc2CCC1N1CCCC1. The third-order valence-corrected chi connectivity index (χ3v) is 4.86. The van der Waals surface area contributed by atoms with Crippen molar-refractivity contribution in [3.05, 3.63) is 48.0 Å². The second-order valence-electron chi connectivity index (χ2n) is 5.99. The second-order valence-corrected chi connectivity index (χ2v) is 5.99. The highest BCUT2D eigenvalue weighted by Gasteiger charge is 2.43. The van der Waals surface area contributed by atoms with Crippen LogP contribution in [-0.4, -0.2) is 24.0 Å². The van der Waals surface area contributed by atoms with Crippen molar-refractivity contribution in [2.45, 2.75) is 43.7 Å². The van der Waals surface area contributed by atoms with Crippen LogP contribution in [0.4, 0.5) is 0 Å². The van der Waals surface area contributed by atoms with Crippen LogP contribution in [-0.2, 0) is 12.0 Å². The highest BCUT2D eigenvalue weighted by atomic mass is 15.2. The van der Waals surface area contributed by atoms with Crippen LogP contribution in [0.5, 0.6) is 0 Å². The molecule has 1 fully saturated rings. The summed E-state index contributed by atoms with van der Waals surface area (Å²) in [6.07, 6.45) is 7.84. The number of benzene rings is 1. The first kappa shape index (κ1) is 12.9. The molecule has 2 aliphatic rings. The van der Waals surface area contributed by atoms with Crippen LogP contribution in [0.25, 0.3) is 0 Å². The van der Waals surface area contributed by atoms with Crippen LogP contribution in [0.3, 0.4) is 0 Å². The Hall–Kier alpha value is -1.12. The van der Waals surface area contributed by atoms with Gasteiger partial charge in [0, 0.05) is 6.04 Å². The van der Waals surface area contributed by atoms with Gasteiger partial charge in [-0.15, -0.1) is 6.58 Å². The van der Waals surface area contributed by atoms with Crippen molar-refractivity contribution in [2.24, 2.45) is 5.73 Å². The van der Waals surface area contributed by atoms with E-state index in [2.05, 4.69) is 35.7 Å². The summed E-state index contributed by atoms with van der Waals surface area (Å²) in [5.74, 6) is 0. The van der Waals surface area contributed by atoms with Crippen LogP contribution in [0.1, 0.15) is 36.8 Å². The van der Waals surface area contributed by atoms with Crippen molar-refractivity contribution in [1.29, 1.82) is 0 Å². The summed E-state index contributed by atoms with van der Waals surface area (Å²) >= 11 is 0. The van der Waals surface area contributed by atoms with Crippen molar-refractivity contribution >= 4 is 0 Å². The molecule has 1 saturated heterocycles. The molecular weight excluding hydrogens is 232 g/mol. The summed E-state index contributed by atoms with van der Waals surface area (Å²) in [6.45, 7) is 6.36. The Kier molecular flexibility index (Phi) is 3.46. The zero-order valence-electron chi connectivity index (χ0n) is 11.6. The molecule has 0 bridgehead atoms. The van der Waals surface area contributed by atoms with Crippen LogP contribution in [0.2, 0.25) is 0 Å². The van der Waals surface area contributed by atoms with E-state index < -0.39 is 0 Å². The number of hydrogen-bond acceptors (Lipinski definition) is 2. The topological polar surface area (TPSA) is 29.3 Å². The van der Waals surface area contributed by atoms with Gasteiger partial charge in [-0.2, -0.15) is 0 Å². The molecule has 0 spiro atoms. The monoisotopic (exact) mass is 256 g/mol. The van der Waals surface area contributed by atoms with Gasteiger partial charge < -0.3 is 5.73 Å². The summed E-state index contributed by atoms with van der Waals surface area (Å²) in [4.78, 5) is 2.61. The fraction of sp³-hybridized carbons (Fsp3) is 0.529. The Bertz CT molecular complexity index is 462. The maximum atomic E-state index is 6.89. The Morgan fingerprint density at radius 1 is 1.32 bits per heavy atom. The molecule has 2 atom stereocenters. The summed E-state index contributed by atoms with van der Waals surface area (Å²) in [5.41, 5.74) is 9.42. The van der Waals surface area contributed by atoms with Crippen molar-refractivity contribution in [3.8, 4) is 0 Å². The van der Waals surface area contributed by atoms with Gasteiger partial charge in [-0.25, -0.2) is 0 Å². The summed E-state index contributed by atoms with van der Waals surface area (Å²) in [5, 5.41) is 0. The Morgan fingerprint density at radius 2 is 2.05 bits per heavy atom. The molecule has 0 radical (unpaired) electrons. The van der Waals surface area contributed by atoms with Gasteiger partial charge in [-0.3, -0.25) is 4.90 Å². The first-order valence-corrected chi connectivity index (χ1v) is 7.48. The predicted molar refractivity (Wildman–Crippen MR) is 80.0 cm³/mol. The van der Waals surface area contributed by atoms with Crippen LogP contribution in [0.15, 0.2) is 36.9 Å². The van der Waals surface area contributed by atoms with E-state index >= 15 is 0 Å². The van der Waals surface area contributed by atoms with Gasteiger partial charge in [0.2, 0.25) is 0 Å². The number of likely N-dealkylation sites (tertiary alicyclic amines) is 1. The van der Waals surface area contributed by atoms with Crippen molar-refractivity contribution in [2.75, 3.05) is 13.1 Å². The highest BCUT2D eigenvalue weighted by molar-refractivity contribution is 5.38. The van der Waals surface area contributed by atoms with Gasteiger partial charge in [0.05, 0.1) is 5.54 Å². The molecule has 0 saturated carbocycles. The summed E-state index contributed by atoms with van der Waals surface area (Å²) < 4.78 is 0. The number of fused-ring (bicyclic) bond motifs is 1. The van der Waals surface area contributed by atoms with Gasteiger partial charge in [-0.05, 0) is 56.3 Å². The number of nitrogens with two attached hydrogens (primary N) is 1. The average Bonchev–Trinajstić information content (AvgIpc) is 2.93. The van der Waals surface area contributed by atoms with E-state index in [0.29, 0.717) is 6.04 Å². The lowest BCUT2D eigenvalue weighted by atomic mass is 9.71. The normalized spacial score (nSPS) is 31.1. The smallest absolute Gasteiger partial charge is 0.0604 e. The van der Waals surface area contributed by atoms with E-state index in [0.717, 1.165) is 12.8 Å². The lowest BCUT2D eigenvalue weighted by Gasteiger charge is -2.46. The van der Waals surface area contributed by atoms with Crippen molar-refractivity contribution < 1.29 is 0 Å². The van der Waals surface area contributed by atoms with E-state index in [1.807, 2.05) is 6.08 Å². The molecule has 2 nitrogen and oxygen atoms in total. The lowest BCUT2D eigenvalue weighted by molar-refractivity contribution is 0.127.